The lowest BCUT2D eigenvalue weighted by molar-refractivity contribution is 0.293. The molecule has 86 valence electrons. The Morgan fingerprint density at radius 1 is 1.53 bits per heavy atom. The average molecular weight is 247 g/mol. The minimum absolute atomic E-state index is 0.571. The van der Waals surface area contributed by atoms with Gasteiger partial charge in [-0.05, 0) is 38.1 Å². The van der Waals surface area contributed by atoms with Crippen molar-refractivity contribution in [3.63, 3.8) is 0 Å². The number of rotatable bonds is 6. The van der Waals surface area contributed by atoms with Gasteiger partial charge in [-0.3, -0.25) is 0 Å². The predicted octanol–water partition coefficient (Wildman–Crippen LogP) is 2.47. The highest BCUT2D eigenvalue weighted by Gasteiger charge is 2.05. The molecule has 0 fully saturated rings. The highest BCUT2D eigenvalue weighted by molar-refractivity contribution is 7.16. The van der Waals surface area contributed by atoms with Crippen LogP contribution in [0.15, 0.2) is 12.1 Å². The molecular weight excluding hydrogens is 228 g/mol. The molecule has 1 rings (SSSR count). The average Bonchev–Trinajstić information content (AvgIpc) is 2.61. The van der Waals surface area contributed by atoms with E-state index in [4.69, 9.17) is 17.3 Å². The Hall–Kier alpha value is -0.0900. The molecule has 0 saturated carbocycles. The van der Waals surface area contributed by atoms with Crippen LogP contribution in [0.1, 0.15) is 11.8 Å². The summed E-state index contributed by atoms with van der Waals surface area (Å²) in [5, 5.41) is 0. The summed E-state index contributed by atoms with van der Waals surface area (Å²) in [4.78, 5) is 3.68. The summed E-state index contributed by atoms with van der Waals surface area (Å²) in [6, 6.07) is 4.07. The summed E-state index contributed by atoms with van der Waals surface area (Å²) in [6.45, 7) is 5.07. The topological polar surface area (TPSA) is 29.3 Å². The number of hydrogen-bond acceptors (Lipinski definition) is 3. The maximum absolute atomic E-state index is 5.87. The predicted molar refractivity (Wildman–Crippen MR) is 68.7 cm³/mol. The summed E-state index contributed by atoms with van der Waals surface area (Å²) in [7, 11) is 2.14. The lowest BCUT2D eigenvalue weighted by atomic mass is 10.2. The van der Waals surface area contributed by atoms with Crippen molar-refractivity contribution in [2.45, 2.75) is 13.3 Å². The van der Waals surface area contributed by atoms with E-state index in [9.17, 15) is 0 Å². The molecule has 15 heavy (non-hydrogen) atoms. The molecule has 0 bridgehead atoms. The summed E-state index contributed by atoms with van der Waals surface area (Å²) in [6.07, 6.45) is 1.07. The summed E-state index contributed by atoms with van der Waals surface area (Å²) in [5.74, 6) is 0.571. The molecule has 1 aromatic heterocycles. The van der Waals surface area contributed by atoms with Crippen LogP contribution in [-0.4, -0.2) is 31.6 Å². The number of nitrogens with two attached hydrogens (primary N) is 1. The number of halogens is 1. The third kappa shape index (κ3) is 4.98. The summed E-state index contributed by atoms with van der Waals surface area (Å²) in [5.41, 5.74) is 5.59. The fraction of sp³-hybridized carbons (Fsp3) is 0.636. The molecular formula is C11H19ClN2S. The zero-order valence-corrected chi connectivity index (χ0v) is 10.9. The summed E-state index contributed by atoms with van der Waals surface area (Å²) < 4.78 is 0.878. The van der Waals surface area contributed by atoms with Crippen LogP contribution in [-0.2, 0) is 6.42 Å². The molecule has 0 aromatic carbocycles. The first-order valence-corrected chi connectivity index (χ1v) is 6.44. The van der Waals surface area contributed by atoms with E-state index in [2.05, 4.69) is 24.9 Å². The maximum atomic E-state index is 5.87. The van der Waals surface area contributed by atoms with Crippen LogP contribution >= 0.6 is 22.9 Å². The molecule has 2 N–H and O–H groups in total. The van der Waals surface area contributed by atoms with Gasteiger partial charge in [0.05, 0.1) is 4.34 Å². The van der Waals surface area contributed by atoms with E-state index in [-0.39, 0.29) is 0 Å². The van der Waals surface area contributed by atoms with E-state index in [1.807, 2.05) is 6.07 Å². The molecule has 0 radical (unpaired) electrons. The maximum Gasteiger partial charge on any atom is 0.0931 e. The van der Waals surface area contributed by atoms with Gasteiger partial charge in [-0.2, -0.15) is 0 Å². The molecule has 1 atom stereocenters. The molecule has 0 amide bonds. The molecule has 4 heteroatoms. The second-order valence-electron chi connectivity index (χ2n) is 4.06. The van der Waals surface area contributed by atoms with E-state index in [0.717, 1.165) is 30.4 Å². The van der Waals surface area contributed by atoms with E-state index < -0.39 is 0 Å². The normalized spacial score (nSPS) is 13.4. The first kappa shape index (κ1) is 13.0. The second kappa shape index (κ2) is 6.48. The third-order valence-electron chi connectivity index (χ3n) is 2.39. The fourth-order valence-corrected chi connectivity index (χ4v) is 2.56. The molecule has 0 aliphatic heterocycles. The van der Waals surface area contributed by atoms with Gasteiger partial charge in [-0.1, -0.05) is 18.5 Å². The molecule has 0 aliphatic rings. The molecule has 1 unspecified atom stereocenters. The van der Waals surface area contributed by atoms with Gasteiger partial charge in [0.1, 0.15) is 0 Å². The van der Waals surface area contributed by atoms with E-state index >= 15 is 0 Å². The van der Waals surface area contributed by atoms with Gasteiger partial charge < -0.3 is 10.6 Å². The molecule has 1 heterocycles. The van der Waals surface area contributed by atoms with E-state index in [1.165, 1.54) is 4.88 Å². The molecule has 1 aromatic rings. The lowest BCUT2D eigenvalue weighted by Gasteiger charge is -2.19. The van der Waals surface area contributed by atoms with E-state index in [1.54, 1.807) is 11.3 Å². The first-order chi connectivity index (χ1) is 7.11. The van der Waals surface area contributed by atoms with Gasteiger partial charge in [0, 0.05) is 18.0 Å². The van der Waals surface area contributed by atoms with Gasteiger partial charge in [0.2, 0.25) is 0 Å². The minimum Gasteiger partial charge on any atom is -0.330 e. The van der Waals surface area contributed by atoms with Crippen LogP contribution in [0.4, 0.5) is 0 Å². The van der Waals surface area contributed by atoms with Crippen molar-refractivity contribution in [3.05, 3.63) is 21.3 Å². The minimum atomic E-state index is 0.571. The van der Waals surface area contributed by atoms with E-state index in [0.29, 0.717) is 5.92 Å². The Balaban J connectivity index is 2.25. The number of likely N-dealkylation sites (N-methyl/N-ethyl adjacent to an activating group) is 1. The zero-order valence-electron chi connectivity index (χ0n) is 9.37. The number of hydrogen-bond donors (Lipinski definition) is 1. The molecule has 0 aliphatic carbocycles. The Kier molecular flexibility index (Phi) is 5.61. The fourth-order valence-electron chi connectivity index (χ4n) is 1.49. The Labute approximate surface area is 101 Å². The highest BCUT2D eigenvalue weighted by atomic mass is 35.5. The van der Waals surface area contributed by atoms with Crippen LogP contribution in [0.5, 0.6) is 0 Å². The SMILES string of the molecule is CC(CN)CN(C)CCc1ccc(Cl)s1. The lowest BCUT2D eigenvalue weighted by Crippen LogP contribution is -2.29. The number of nitrogens with zero attached hydrogens (tertiary/aromatic N) is 1. The van der Waals surface area contributed by atoms with Crippen molar-refractivity contribution in [2.75, 3.05) is 26.7 Å². The Bertz CT molecular complexity index is 288. The standard InChI is InChI=1S/C11H19ClN2S/c1-9(7-13)8-14(2)6-5-10-3-4-11(12)15-10/h3-4,9H,5-8,13H2,1-2H3. The van der Waals surface area contributed by atoms with Gasteiger partial charge in [-0.15, -0.1) is 11.3 Å². The van der Waals surface area contributed by atoms with Crippen molar-refractivity contribution in [3.8, 4) is 0 Å². The second-order valence-corrected chi connectivity index (χ2v) is 5.86. The van der Waals surface area contributed by atoms with Crippen LogP contribution < -0.4 is 5.73 Å². The Morgan fingerprint density at radius 3 is 2.80 bits per heavy atom. The van der Waals surface area contributed by atoms with Crippen molar-refractivity contribution >= 4 is 22.9 Å². The Morgan fingerprint density at radius 2 is 2.27 bits per heavy atom. The molecule has 0 spiro atoms. The van der Waals surface area contributed by atoms with Gasteiger partial charge in [-0.25, -0.2) is 0 Å². The van der Waals surface area contributed by atoms with Crippen LogP contribution in [0.2, 0.25) is 4.34 Å². The van der Waals surface area contributed by atoms with Crippen molar-refractivity contribution < 1.29 is 0 Å². The largest absolute Gasteiger partial charge is 0.330 e. The van der Waals surface area contributed by atoms with Crippen LogP contribution in [0.3, 0.4) is 0 Å². The van der Waals surface area contributed by atoms with Gasteiger partial charge in [0.25, 0.3) is 0 Å². The third-order valence-corrected chi connectivity index (χ3v) is 3.69. The first-order valence-electron chi connectivity index (χ1n) is 5.24. The van der Waals surface area contributed by atoms with Crippen molar-refractivity contribution in [1.29, 1.82) is 0 Å². The zero-order chi connectivity index (χ0) is 11.3. The molecule has 0 saturated heterocycles. The highest BCUT2D eigenvalue weighted by Crippen LogP contribution is 2.21. The smallest absolute Gasteiger partial charge is 0.0931 e. The molecule has 2 nitrogen and oxygen atoms in total. The van der Waals surface area contributed by atoms with Crippen LogP contribution in [0, 0.1) is 5.92 Å². The van der Waals surface area contributed by atoms with Gasteiger partial charge >= 0.3 is 0 Å². The summed E-state index contributed by atoms with van der Waals surface area (Å²) >= 11 is 7.54. The van der Waals surface area contributed by atoms with Crippen molar-refractivity contribution in [1.82, 2.24) is 4.90 Å². The number of thiophene rings is 1. The van der Waals surface area contributed by atoms with Crippen LogP contribution in [0.25, 0.3) is 0 Å². The van der Waals surface area contributed by atoms with Gasteiger partial charge in [0.15, 0.2) is 0 Å². The monoisotopic (exact) mass is 246 g/mol. The quantitative estimate of drug-likeness (QED) is 0.836. The van der Waals surface area contributed by atoms with Crippen molar-refractivity contribution in [2.24, 2.45) is 11.7 Å².